The predicted molar refractivity (Wildman–Crippen MR) is 331 cm³/mol. The first-order valence-electron chi connectivity index (χ1n) is 26.9. The molecule has 23 heteroatoms. The molecule has 2 aliphatic heterocycles. The van der Waals surface area contributed by atoms with Crippen molar-refractivity contribution in [2.75, 3.05) is 23.0 Å². The summed E-state index contributed by atoms with van der Waals surface area (Å²) in [7, 11) is -7.59. The Morgan fingerprint density at radius 3 is 1.53 bits per heavy atom. The Hall–Kier alpha value is -6.90. The molecule has 11 heterocycles. The Bertz CT molecular complexity index is 4370. The van der Waals surface area contributed by atoms with Crippen LogP contribution in [0.4, 0.5) is 0 Å². The number of H-pyrrole nitrogens is 1. The summed E-state index contributed by atoms with van der Waals surface area (Å²) in [4.78, 5) is 29.9. The number of thioether (sulfide) groups is 2. The Morgan fingerprint density at radius 1 is 0.614 bits per heavy atom. The molecule has 1 atom stereocenters. The van der Waals surface area contributed by atoms with Crippen LogP contribution < -0.4 is 0 Å². The summed E-state index contributed by atoms with van der Waals surface area (Å²) >= 11 is 5.94. The second-order valence-corrected chi connectivity index (χ2v) is 27.8. The summed E-state index contributed by atoms with van der Waals surface area (Å²) in [5.74, 6) is 6.70. The fraction of sp³-hybridized carbons (Fsp3) is 0.283. The first kappa shape index (κ1) is 57.9. The standard InChI is InChI=1S/C24H25N3O4S2.C18H14IN3O3S.C18H19N3O2S/c1-15-22(16(2)31-26-15)18-12-20-21(23(28)17-8-10-32-11-9-17)14-27(24(20)25-13-18)33(29,30)19-6-4-3-5-7-19;1-11-17(12(2)25-21-11)13-8-15-16(19)10-22(18(15)20-9-13)26(23,24)14-6-4-3-5-7-14;1-10-16(11(2)23-21-10)13-7-14-15(9-20-18(14)19-8-13)17(22)12-3-5-24-6-4-12/h3-7,12-14,17,23,28H,8-11H2,1-2H3;3-10H,1-2H3;7-9,12H,3-6H2,1-2H3,(H,19,20). The van der Waals surface area contributed by atoms with Crippen LogP contribution in [0.3, 0.4) is 0 Å². The van der Waals surface area contributed by atoms with E-state index in [9.17, 15) is 26.7 Å². The summed E-state index contributed by atoms with van der Waals surface area (Å²) in [5.41, 5.74) is 10.4. The van der Waals surface area contributed by atoms with Crippen molar-refractivity contribution >= 4 is 105 Å². The van der Waals surface area contributed by atoms with Crippen LogP contribution in [0.1, 0.15) is 82.1 Å². The molecule has 0 aliphatic carbocycles. The zero-order valence-electron chi connectivity index (χ0n) is 46.2. The lowest BCUT2D eigenvalue weighted by molar-refractivity contribution is 0.0914. The average Bonchev–Trinajstić information content (AvgIpc) is 3.96. The Morgan fingerprint density at radius 2 is 1.05 bits per heavy atom. The molecule has 11 aromatic rings. The van der Waals surface area contributed by atoms with Crippen molar-refractivity contribution in [2.45, 2.75) is 83.1 Å². The van der Waals surface area contributed by atoms with Crippen LogP contribution >= 0.6 is 46.1 Å². The SMILES string of the molecule is Cc1noc(C)c1-c1cnc2[nH]cc(C(=O)C3CCSCC3)c2c1.Cc1noc(C)c1-c1cnc2c(c1)c(C(O)C1CCSCC1)cn2S(=O)(=O)c1ccccc1.Cc1noc(C)c1-c1cnc2c(c1)c(I)cn2S(=O)(=O)c1ccccc1. The number of nitrogens with one attached hydrogen (secondary N) is 1. The van der Waals surface area contributed by atoms with Crippen LogP contribution in [0.15, 0.2) is 139 Å². The van der Waals surface area contributed by atoms with Crippen LogP contribution in [0.2, 0.25) is 0 Å². The monoisotopic (exact) mass is 1300 g/mol. The number of aliphatic hydroxyl groups is 1. The van der Waals surface area contributed by atoms with E-state index in [1.54, 1.807) is 97.8 Å². The molecule has 0 radical (unpaired) electrons. The van der Waals surface area contributed by atoms with Crippen LogP contribution in [-0.4, -0.2) is 94.1 Å². The molecular weight excluding hydrogens is 1250 g/mol. The van der Waals surface area contributed by atoms with Gasteiger partial charge >= 0.3 is 0 Å². The maximum atomic E-state index is 13.5. The number of pyridine rings is 3. The number of rotatable bonds is 11. The number of Topliss-reactive ketones (excluding diaryl/α,β-unsaturated/α-hetero) is 1. The van der Waals surface area contributed by atoms with Crippen molar-refractivity contribution in [3.05, 3.63) is 165 Å². The highest BCUT2D eigenvalue weighted by Gasteiger charge is 2.31. The van der Waals surface area contributed by atoms with E-state index < -0.39 is 26.2 Å². The number of fused-ring (bicyclic) bond motifs is 3. The molecule has 2 N–H and O–H groups in total. The normalized spacial score (nSPS) is 14.8. The first-order chi connectivity index (χ1) is 39.9. The fourth-order valence-electron chi connectivity index (χ4n) is 10.9. The van der Waals surface area contributed by atoms with E-state index in [-0.39, 0.29) is 27.4 Å². The van der Waals surface area contributed by atoms with Gasteiger partial charge in [0.15, 0.2) is 17.1 Å². The van der Waals surface area contributed by atoms with Gasteiger partial charge in [-0.05, 0) is 161 Å². The zero-order valence-corrected chi connectivity index (χ0v) is 51.6. The highest BCUT2D eigenvalue weighted by Crippen LogP contribution is 2.40. The van der Waals surface area contributed by atoms with Gasteiger partial charge in [0.25, 0.3) is 20.0 Å². The number of hydrogen-bond donors (Lipinski definition) is 2. The van der Waals surface area contributed by atoms with Crippen molar-refractivity contribution in [2.24, 2.45) is 11.8 Å². The second-order valence-electron chi connectivity index (χ2n) is 20.5. The number of carbonyl (C=O) groups is 1. The number of carbonyl (C=O) groups excluding carboxylic acids is 1. The van der Waals surface area contributed by atoms with Gasteiger partial charge in [0.05, 0.1) is 33.0 Å². The van der Waals surface area contributed by atoms with E-state index in [0.717, 1.165) is 130 Å². The van der Waals surface area contributed by atoms with Gasteiger partial charge in [-0.25, -0.2) is 39.7 Å². The number of hydrogen-bond acceptors (Lipinski definition) is 17. The third kappa shape index (κ3) is 11.3. The number of aliphatic hydroxyl groups excluding tert-OH is 1. The Kier molecular flexibility index (Phi) is 16.7. The predicted octanol–water partition coefficient (Wildman–Crippen LogP) is 13.0. The van der Waals surface area contributed by atoms with Gasteiger partial charge in [-0.1, -0.05) is 51.9 Å². The lowest BCUT2D eigenvalue weighted by Gasteiger charge is -2.26. The van der Waals surface area contributed by atoms with Crippen LogP contribution in [0, 0.1) is 56.9 Å². The minimum absolute atomic E-state index is 0.0763. The largest absolute Gasteiger partial charge is 0.388 e. The molecule has 18 nitrogen and oxygen atoms in total. The molecule has 83 heavy (non-hydrogen) atoms. The second kappa shape index (κ2) is 24.0. The minimum atomic E-state index is -3.88. The fourth-order valence-corrected chi connectivity index (χ4v) is 16.7. The van der Waals surface area contributed by atoms with E-state index in [1.807, 2.05) is 83.3 Å². The van der Waals surface area contributed by atoms with E-state index in [4.69, 9.17) is 13.6 Å². The number of halogens is 1. The van der Waals surface area contributed by atoms with Crippen molar-refractivity contribution in [3.8, 4) is 33.4 Å². The van der Waals surface area contributed by atoms with E-state index >= 15 is 0 Å². The molecule has 0 spiro atoms. The lowest BCUT2D eigenvalue weighted by atomic mass is 9.90. The summed E-state index contributed by atoms with van der Waals surface area (Å²) < 4.78 is 72.0. The number of aromatic nitrogens is 9. The topological polar surface area (TPSA) is 248 Å². The highest BCUT2D eigenvalue weighted by atomic mass is 127. The van der Waals surface area contributed by atoms with Gasteiger partial charge in [0.2, 0.25) is 0 Å². The molecule has 0 amide bonds. The maximum Gasteiger partial charge on any atom is 0.269 e. The number of aromatic amines is 1. The molecule has 0 saturated carbocycles. The van der Waals surface area contributed by atoms with Crippen LogP contribution in [0.25, 0.3) is 66.5 Å². The average molecular weight is 1300 g/mol. The molecule has 428 valence electrons. The van der Waals surface area contributed by atoms with Crippen molar-refractivity contribution in [3.63, 3.8) is 0 Å². The smallest absolute Gasteiger partial charge is 0.269 e. The first-order valence-corrected chi connectivity index (χ1v) is 33.1. The number of nitrogens with zero attached hydrogens (tertiary/aromatic N) is 8. The zero-order chi connectivity index (χ0) is 58.3. The molecule has 2 aromatic carbocycles. The van der Waals surface area contributed by atoms with Gasteiger partial charge in [-0.2, -0.15) is 23.5 Å². The van der Waals surface area contributed by atoms with Crippen LogP contribution in [0.5, 0.6) is 0 Å². The van der Waals surface area contributed by atoms with E-state index in [1.165, 1.54) is 7.94 Å². The van der Waals surface area contributed by atoms with E-state index in [2.05, 4.69) is 58.0 Å². The molecule has 0 bridgehead atoms. The van der Waals surface area contributed by atoms with Gasteiger partial charge in [-0.15, -0.1) is 0 Å². The highest BCUT2D eigenvalue weighted by molar-refractivity contribution is 14.1. The third-order valence-corrected chi connectivity index (χ3v) is 21.5. The van der Waals surface area contributed by atoms with Crippen LogP contribution in [-0.2, 0) is 20.0 Å². The molecule has 13 rings (SSSR count). The summed E-state index contributed by atoms with van der Waals surface area (Å²) in [6.07, 6.45) is 13.0. The molecule has 9 aromatic heterocycles. The lowest BCUT2D eigenvalue weighted by Crippen LogP contribution is -2.19. The number of benzene rings is 2. The van der Waals surface area contributed by atoms with Gasteiger partial charge in [-0.3, -0.25) is 4.79 Å². The molecule has 2 fully saturated rings. The number of ketones is 1. The van der Waals surface area contributed by atoms with Crippen molar-refractivity contribution < 1.29 is 40.3 Å². The van der Waals surface area contributed by atoms with Crippen molar-refractivity contribution in [1.29, 1.82) is 0 Å². The maximum absolute atomic E-state index is 13.5. The quantitative estimate of drug-likeness (QED) is 0.0902. The summed E-state index contributed by atoms with van der Waals surface area (Å²) in [6, 6.07) is 22.5. The Labute approximate surface area is 501 Å². The van der Waals surface area contributed by atoms with Gasteiger partial charge in [0, 0.05) is 107 Å². The summed E-state index contributed by atoms with van der Waals surface area (Å²) in [5, 5.41) is 25.6. The Balaban J connectivity index is 0.000000132. The van der Waals surface area contributed by atoms with E-state index in [0.29, 0.717) is 33.8 Å². The number of aryl methyl sites for hydroxylation is 6. The molecular formula is C60H58IN9O9S4. The van der Waals surface area contributed by atoms with Crippen molar-refractivity contribution in [1.82, 2.24) is 43.4 Å². The minimum Gasteiger partial charge on any atom is -0.388 e. The molecule has 2 saturated heterocycles. The van der Waals surface area contributed by atoms with Gasteiger partial charge in [0.1, 0.15) is 22.9 Å². The molecule has 2 aliphatic rings. The molecule has 1 unspecified atom stereocenters. The van der Waals surface area contributed by atoms with Gasteiger partial charge < -0.3 is 23.7 Å². The summed E-state index contributed by atoms with van der Waals surface area (Å²) in [6.45, 7) is 11.2. The third-order valence-electron chi connectivity index (χ3n) is 15.2.